The van der Waals surface area contributed by atoms with Crippen molar-refractivity contribution in [3.63, 3.8) is 0 Å². The van der Waals surface area contributed by atoms with Gasteiger partial charge in [-0.2, -0.15) is 0 Å². The normalized spacial score (nSPS) is 16.7. The van der Waals surface area contributed by atoms with Gasteiger partial charge in [-0.25, -0.2) is 0 Å². The molecule has 0 aromatic heterocycles. The van der Waals surface area contributed by atoms with E-state index in [9.17, 15) is 22.8 Å². The minimum atomic E-state index is -4.68. The minimum absolute atomic E-state index is 0.0978. The molecule has 2 rings (SSSR count). The number of nitrogens with one attached hydrogen (secondary N) is 1. The van der Waals surface area contributed by atoms with Gasteiger partial charge in [0.1, 0.15) is 0 Å². The Morgan fingerprint density at radius 3 is 2.65 bits per heavy atom. The van der Waals surface area contributed by atoms with Crippen LogP contribution in [0.3, 0.4) is 0 Å². The van der Waals surface area contributed by atoms with Gasteiger partial charge >= 0.3 is 154 Å². The van der Waals surface area contributed by atoms with E-state index in [1.807, 2.05) is 11.4 Å². The summed E-state index contributed by atoms with van der Waals surface area (Å²) in [6, 6.07) is 3.44. The number of amides is 2. The van der Waals surface area contributed by atoms with Crippen LogP contribution in [0.4, 0.5) is 24.5 Å². The van der Waals surface area contributed by atoms with Gasteiger partial charge in [0.05, 0.1) is 0 Å². The molecule has 1 atom stereocenters. The molecule has 1 heterocycles. The van der Waals surface area contributed by atoms with Crippen LogP contribution >= 0.6 is 0 Å². The molecule has 1 fully saturated rings. The number of hydrogen-bond donors (Lipinski definition) is 2. The second kappa shape index (κ2) is 8.41. The van der Waals surface area contributed by atoms with E-state index >= 15 is 0 Å². The van der Waals surface area contributed by atoms with Crippen molar-refractivity contribution in [2.24, 2.45) is 5.73 Å². The molecule has 0 spiro atoms. The number of benzene rings is 1. The number of nitrogens with zero attached hydrogens (tertiary/aromatic N) is 1. The summed E-state index contributed by atoms with van der Waals surface area (Å²) >= 11 is -1.54. The third-order valence-corrected chi connectivity index (χ3v) is 7.56. The number of morpholine rings is 1. The van der Waals surface area contributed by atoms with E-state index in [1.54, 1.807) is 0 Å². The van der Waals surface area contributed by atoms with E-state index in [4.69, 9.17) is 10.5 Å². The second-order valence-corrected chi connectivity index (χ2v) is 11.4. The molecule has 1 aromatic rings. The third kappa shape index (κ3) is 4.78. The number of rotatable bonds is 5. The van der Waals surface area contributed by atoms with Gasteiger partial charge in [-0.05, 0) is 0 Å². The number of carbonyl (C=O) groups is 2. The monoisotopic (exact) mass is 435 g/mol. The molecule has 10 heteroatoms. The summed E-state index contributed by atoms with van der Waals surface area (Å²) in [5, 5.41) is 2.36. The molecule has 3 N–H and O–H groups in total. The van der Waals surface area contributed by atoms with E-state index in [0.717, 1.165) is 6.07 Å². The van der Waals surface area contributed by atoms with E-state index < -0.39 is 42.9 Å². The summed E-state index contributed by atoms with van der Waals surface area (Å²) in [4.78, 5) is 25.4. The number of ether oxygens (including phenoxy) is 1. The molecule has 26 heavy (non-hydrogen) atoms. The molecule has 0 saturated carbocycles. The van der Waals surface area contributed by atoms with Crippen LogP contribution in [-0.2, 0) is 20.5 Å². The zero-order valence-corrected chi connectivity index (χ0v) is 16.3. The number of anilines is 2. The fourth-order valence-corrected chi connectivity index (χ4v) is 4.61. The summed E-state index contributed by atoms with van der Waals surface area (Å²) in [5.74, 6) is -0.909. The molecule has 2 amide bonds. The van der Waals surface area contributed by atoms with E-state index in [0.29, 0.717) is 0 Å². The van der Waals surface area contributed by atoms with Gasteiger partial charge in [0, 0.05) is 0 Å². The SMILES string of the molecule is C[As](C)[C@H](CN)C(=O)Nc1ccc(N2CCOCC2=O)cc1C(F)(F)F. The van der Waals surface area contributed by atoms with Gasteiger partial charge in [-0.15, -0.1) is 0 Å². The van der Waals surface area contributed by atoms with E-state index in [1.165, 1.54) is 17.0 Å². The van der Waals surface area contributed by atoms with Crippen molar-refractivity contribution in [2.75, 3.05) is 36.5 Å². The molecular formula is C16H21AsF3N3O3. The maximum absolute atomic E-state index is 13.5. The molecule has 0 aliphatic carbocycles. The van der Waals surface area contributed by atoms with Gasteiger partial charge in [-0.3, -0.25) is 0 Å². The fraction of sp³-hybridized carbons (Fsp3) is 0.500. The van der Waals surface area contributed by atoms with Crippen molar-refractivity contribution in [2.45, 2.75) is 22.3 Å². The Bertz CT molecular complexity index is 682. The van der Waals surface area contributed by atoms with Crippen LogP contribution in [-0.4, -0.2) is 52.8 Å². The standard InChI is InChI=1S/C16H21AsF3N3O3/c1-17(2)12(8-21)15(25)22-13-4-3-10(7-11(13)16(18,19)20)23-5-6-26-9-14(23)24/h3-4,7,12H,5-6,8-9,21H2,1-2H3,(H,22,25)/t12-/m1/s1. The van der Waals surface area contributed by atoms with Crippen LogP contribution < -0.4 is 16.0 Å². The Kier molecular flexibility index (Phi) is 6.71. The molecule has 1 saturated heterocycles. The van der Waals surface area contributed by atoms with Crippen molar-refractivity contribution in [1.29, 1.82) is 0 Å². The molecule has 0 bridgehead atoms. The summed E-state index contributed by atoms with van der Waals surface area (Å²) < 4.78 is 45.0. The fourth-order valence-electron chi connectivity index (χ4n) is 2.60. The molecule has 0 unspecified atom stereocenters. The quantitative estimate of drug-likeness (QED) is 0.694. The first-order valence-electron chi connectivity index (χ1n) is 7.92. The third-order valence-electron chi connectivity index (χ3n) is 4.01. The van der Waals surface area contributed by atoms with Crippen molar-refractivity contribution in [3.05, 3.63) is 23.8 Å². The van der Waals surface area contributed by atoms with Gasteiger partial charge in [-0.1, -0.05) is 0 Å². The predicted molar refractivity (Wildman–Crippen MR) is 93.5 cm³/mol. The number of carbonyl (C=O) groups excluding carboxylic acids is 2. The summed E-state index contributed by atoms with van der Waals surface area (Å²) in [7, 11) is 0. The van der Waals surface area contributed by atoms with E-state index in [2.05, 4.69) is 5.32 Å². The first-order valence-corrected chi connectivity index (χ1v) is 12.8. The molecule has 1 aliphatic rings. The van der Waals surface area contributed by atoms with Gasteiger partial charge < -0.3 is 0 Å². The average Bonchev–Trinajstić information content (AvgIpc) is 2.55. The Hall–Kier alpha value is -1.57. The number of nitrogens with two attached hydrogens (primary N) is 1. The zero-order chi connectivity index (χ0) is 19.5. The van der Waals surface area contributed by atoms with Gasteiger partial charge in [0.25, 0.3) is 0 Å². The summed E-state index contributed by atoms with van der Waals surface area (Å²) in [6.45, 7) is 0.358. The average molecular weight is 435 g/mol. The van der Waals surface area contributed by atoms with Crippen molar-refractivity contribution in [3.8, 4) is 0 Å². The van der Waals surface area contributed by atoms with Crippen LogP contribution in [0.1, 0.15) is 5.56 Å². The van der Waals surface area contributed by atoms with Crippen LogP contribution in [0.5, 0.6) is 0 Å². The van der Waals surface area contributed by atoms with Crippen molar-refractivity contribution >= 4 is 37.8 Å². The van der Waals surface area contributed by atoms with Crippen molar-refractivity contribution in [1.82, 2.24) is 0 Å². The van der Waals surface area contributed by atoms with Crippen LogP contribution in [0.15, 0.2) is 18.2 Å². The Balaban J connectivity index is 2.35. The Morgan fingerprint density at radius 1 is 1.42 bits per heavy atom. The molecule has 144 valence electrons. The molecule has 1 aliphatic heterocycles. The summed E-state index contributed by atoms with van der Waals surface area (Å²) in [5.41, 5.74) is 8.22. The molecule has 0 radical (unpaired) electrons. The van der Waals surface area contributed by atoms with Gasteiger partial charge in [0.2, 0.25) is 0 Å². The first-order chi connectivity index (χ1) is 12.1. The van der Waals surface area contributed by atoms with Crippen LogP contribution in [0, 0.1) is 0 Å². The van der Waals surface area contributed by atoms with E-state index in [-0.39, 0.29) is 37.7 Å². The second-order valence-electron chi connectivity index (χ2n) is 6.03. The van der Waals surface area contributed by atoms with Crippen molar-refractivity contribution < 1.29 is 27.5 Å². The predicted octanol–water partition coefficient (Wildman–Crippen LogP) is 2.09. The zero-order valence-electron chi connectivity index (χ0n) is 14.5. The van der Waals surface area contributed by atoms with Crippen LogP contribution in [0.25, 0.3) is 0 Å². The summed E-state index contributed by atoms with van der Waals surface area (Å²) in [6.07, 6.45) is -4.68. The van der Waals surface area contributed by atoms with Crippen LogP contribution in [0.2, 0.25) is 16.1 Å². The maximum atomic E-state index is 13.5. The Labute approximate surface area is 154 Å². The molecule has 1 aromatic carbocycles. The number of alkyl halides is 3. The molecule has 6 nitrogen and oxygen atoms in total. The topological polar surface area (TPSA) is 84.7 Å². The first kappa shape index (κ1) is 20.7. The molecular weight excluding hydrogens is 414 g/mol. The number of hydrogen-bond acceptors (Lipinski definition) is 4. The number of halogens is 3. The Morgan fingerprint density at radius 2 is 2.12 bits per heavy atom. The van der Waals surface area contributed by atoms with Gasteiger partial charge in [0.15, 0.2) is 0 Å².